The zero-order valence-electron chi connectivity index (χ0n) is 23.6. The molecule has 2 aromatic carbocycles. The van der Waals surface area contributed by atoms with Gasteiger partial charge in [0.1, 0.15) is 0 Å². The molecule has 206 valence electrons. The zero-order chi connectivity index (χ0) is 28.2. The minimum Gasteiger partial charge on any atom is -0.352 e. The van der Waals surface area contributed by atoms with Crippen molar-refractivity contribution in [2.75, 3.05) is 11.9 Å². The predicted molar refractivity (Wildman–Crippen MR) is 166 cm³/mol. The first-order valence-corrected chi connectivity index (χ1v) is 14.5. The van der Waals surface area contributed by atoms with Crippen molar-refractivity contribution in [2.24, 2.45) is 0 Å². The fraction of sp³-hybridized carbons (Fsp3) is 0.303. The number of amides is 1. The number of nitrogens with zero attached hydrogens (tertiary/aromatic N) is 3. The molecule has 3 heterocycles. The summed E-state index contributed by atoms with van der Waals surface area (Å²) in [7, 11) is 0. The van der Waals surface area contributed by atoms with E-state index in [4.69, 9.17) is 12.2 Å². The van der Waals surface area contributed by atoms with Gasteiger partial charge in [-0.1, -0.05) is 50.2 Å². The number of carbonyl (C=O) groups is 1. The van der Waals surface area contributed by atoms with Crippen molar-refractivity contribution in [3.63, 3.8) is 0 Å². The summed E-state index contributed by atoms with van der Waals surface area (Å²) in [4.78, 5) is 19.9. The first-order valence-electron chi connectivity index (χ1n) is 14.0. The molecule has 5 rings (SSSR count). The molecule has 40 heavy (non-hydrogen) atoms. The van der Waals surface area contributed by atoms with E-state index in [9.17, 15) is 4.79 Å². The lowest BCUT2D eigenvalue weighted by atomic mass is 9.96. The van der Waals surface area contributed by atoms with Crippen LogP contribution in [0, 0.1) is 13.8 Å². The Balaban J connectivity index is 1.46. The molecule has 2 atom stereocenters. The van der Waals surface area contributed by atoms with Crippen molar-refractivity contribution >= 4 is 28.9 Å². The van der Waals surface area contributed by atoms with Gasteiger partial charge >= 0.3 is 0 Å². The van der Waals surface area contributed by atoms with Crippen molar-refractivity contribution in [3.05, 3.63) is 113 Å². The van der Waals surface area contributed by atoms with E-state index in [1.54, 1.807) is 0 Å². The van der Waals surface area contributed by atoms with Gasteiger partial charge < -0.3 is 20.1 Å². The second-order valence-electron chi connectivity index (χ2n) is 10.3. The monoisotopic (exact) mass is 551 g/mol. The van der Waals surface area contributed by atoms with E-state index in [1.807, 2.05) is 48.7 Å². The molecule has 0 radical (unpaired) electrons. The van der Waals surface area contributed by atoms with Crippen molar-refractivity contribution in [3.8, 4) is 5.69 Å². The van der Waals surface area contributed by atoms with Crippen molar-refractivity contribution in [1.29, 1.82) is 0 Å². The number of aromatic nitrogens is 2. The number of anilines is 1. The summed E-state index contributed by atoms with van der Waals surface area (Å²) in [6, 6.07) is 24.7. The second-order valence-corrected chi connectivity index (χ2v) is 10.7. The van der Waals surface area contributed by atoms with Crippen LogP contribution in [-0.2, 0) is 17.6 Å². The Morgan fingerprint density at radius 2 is 1.75 bits per heavy atom. The van der Waals surface area contributed by atoms with E-state index >= 15 is 0 Å². The fourth-order valence-corrected chi connectivity index (χ4v) is 6.07. The van der Waals surface area contributed by atoms with Crippen LogP contribution in [0.2, 0.25) is 0 Å². The van der Waals surface area contributed by atoms with Gasteiger partial charge in [0.25, 0.3) is 0 Å². The molecule has 1 aliphatic rings. The minimum atomic E-state index is -0.131. The van der Waals surface area contributed by atoms with Gasteiger partial charge in [-0.25, -0.2) is 0 Å². The van der Waals surface area contributed by atoms with Crippen molar-refractivity contribution in [1.82, 2.24) is 19.8 Å². The Hall–Kier alpha value is -3.97. The normalized spacial score (nSPS) is 16.7. The maximum atomic E-state index is 13.1. The maximum absolute atomic E-state index is 13.1. The molecule has 0 aliphatic carbocycles. The first kappa shape index (κ1) is 27.6. The van der Waals surface area contributed by atoms with Gasteiger partial charge in [-0.15, -0.1) is 0 Å². The second kappa shape index (κ2) is 12.0. The van der Waals surface area contributed by atoms with E-state index in [1.165, 1.54) is 11.1 Å². The van der Waals surface area contributed by atoms with Crippen LogP contribution in [0.4, 0.5) is 5.69 Å². The molecule has 0 spiro atoms. The maximum Gasteiger partial charge on any atom is 0.226 e. The highest BCUT2D eigenvalue weighted by atomic mass is 32.1. The highest BCUT2D eigenvalue weighted by Gasteiger charge is 2.41. The van der Waals surface area contributed by atoms with Gasteiger partial charge in [-0.2, -0.15) is 0 Å². The topological polar surface area (TPSA) is 62.2 Å². The van der Waals surface area contributed by atoms with Crippen LogP contribution in [0.5, 0.6) is 0 Å². The fourth-order valence-electron chi connectivity index (χ4n) is 5.74. The number of rotatable bonds is 9. The van der Waals surface area contributed by atoms with E-state index in [0.29, 0.717) is 18.1 Å². The summed E-state index contributed by atoms with van der Waals surface area (Å²) >= 11 is 5.87. The lowest BCUT2D eigenvalue weighted by molar-refractivity contribution is -0.116. The van der Waals surface area contributed by atoms with Crippen LogP contribution in [0.25, 0.3) is 5.69 Å². The van der Waals surface area contributed by atoms with Crippen LogP contribution < -0.4 is 10.6 Å². The molecule has 0 bridgehead atoms. The lowest BCUT2D eigenvalue weighted by Crippen LogP contribution is -2.33. The third kappa shape index (κ3) is 5.52. The van der Waals surface area contributed by atoms with Gasteiger partial charge in [-0.3, -0.25) is 9.78 Å². The van der Waals surface area contributed by atoms with E-state index < -0.39 is 0 Å². The van der Waals surface area contributed by atoms with Crippen molar-refractivity contribution in [2.45, 2.75) is 59.0 Å². The molecule has 0 unspecified atom stereocenters. The van der Waals surface area contributed by atoms with E-state index in [0.717, 1.165) is 46.9 Å². The zero-order valence-corrected chi connectivity index (χ0v) is 24.5. The Morgan fingerprint density at radius 1 is 1.00 bits per heavy atom. The van der Waals surface area contributed by atoms with Crippen LogP contribution in [0.1, 0.15) is 66.1 Å². The van der Waals surface area contributed by atoms with Crippen LogP contribution >= 0.6 is 12.2 Å². The molecule has 1 aliphatic heterocycles. The number of hydrogen-bond donors (Lipinski definition) is 2. The number of nitrogens with one attached hydrogen (secondary N) is 2. The number of thiocarbonyl (C=S) groups is 1. The van der Waals surface area contributed by atoms with Gasteiger partial charge in [0.2, 0.25) is 5.91 Å². The Kier molecular flexibility index (Phi) is 8.31. The number of benzene rings is 2. The summed E-state index contributed by atoms with van der Waals surface area (Å²) in [5.74, 6) is -0.0229. The molecule has 2 aromatic heterocycles. The lowest BCUT2D eigenvalue weighted by Gasteiger charge is -2.28. The molecule has 6 nitrogen and oxygen atoms in total. The van der Waals surface area contributed by atoms with Gasteiger partial charge in [0.05, 0.1) is 17.8 Å². The van der Waals surface area contributed by atoms with Crippen molar-refractivity contribution < 1.29 is 4.79 Å². The number of hydrogen-bond acceptors (Lipinski definition) is 3. The van der Waals surface area contributed by atoms with Gasteiger partial charge in [0.15, 0.2) is 5.11 Å². The summed E-state index contributed by atoms with van der Waals surface area (Å²) in [5.41, 5.74) is 8.88. The quantitative estimate of drug-likeness (QED) is 0.229. The number of carbonyl (C=O) groups excluding carboxylic acids is 1. The average molecular weight is 552 g/mol. The van der Waals surface area contributed by atoms with Crippen LogP contribution in [0.15, 0.2) is 79.0 Å². The Morgan fingerprint density at radius 3 is 2.45 bits per heavy atom. The number of aryl methyl sites for hydroxylation is 3. The third-order valence-electron chi connectivity index (χ3n) is 7.84. The third-order valence-corrected chi connectivity index (χ3v) is 8.19. The highest BCUT2D eigenvalue weighted by molar-refractivity contribution is 7.80. The summed E-state index contributed by atoms with van der Waals surface area (Å²) in [5, 5.41) is 7.27. The van der Waals surface area contributed by atoms with Gasteiger partial charge in [0, 0.05) is 41.9 Å². The standard InChI is InChI=1S/C33H37N5OS/c1-5-24-14-16-26(17-15-24)38-22(3)21-27(23(38)4)32-31(29-13-9-10-19-34-29)36-33(40)37(32)20-18-30(39)35-28-12-8-7-11-25(28)6-2/h7-17,19,21,31-32H,5-6,18,20H2,1-4H3,(H,35,39)(H,36,40)/t31-,32-/m0/s1. The predicted octanol–water partition coefficient (Wildman–Crippen LogP) is 6.62. The van der Waals surface area contributed by atoms with E-state index in [2.05, 4.69) is 83.1 Å². The first-order chi connectivity index (χ1) is 19.4. The average Bonchev–Trinajstić information content (AvgIpc) is 3.46. The number of para-hydroxylation sites is 1. The molecular weight excluding hydrogens is 514 g/mol. The summed E-state index contributed by atoms with van der Waals surface area (Å²) < 4.78 is 2.30. The Bertz CT molecular complexity index is 1500. The number of pyridine rings is 1. The van der Waals surface area contributed by atoms with Gasteiger partial charge in [-0.05, 0) is 92.0 Å². The summed E-state index contributed by atoms with van der Waals surface area (Å²) in [6.45, 7) is 9.07. The van der Waals surface area contributed by atoms with E-state index in [-0.39, 0.29) is 18.0 Å². The Labute approximate surface area is 242 Å². The van der Waals surface area contributed by atoms with Crippen LogP contribution in [0.3, 0.4) is 0 Å². The largest absolute Gasteiger partial charge is 0.352 e. The van der Waals surface area contributed by atoms with Crippen LogP contribution in [-0.4, -0.2) is 32.0 Å². The highest BCUT2D eigenvalue weighted by Crippen LogP contribution is 2.41. The molecule has 2 N–H and O–H groups in total. The molecule has 1 fully saturated rings. The molecule has 0 saturated carbocycles. The molecular formula is C33H37N5OS. The smallest absolute Gasteiger partial charge is 0.226 e. The molecule has 1 saturated heterocycles. The molecule has 1 amide bonds. The minimum absolute atomic E-state index is 0.0229. The SMILES string of the molecule is CCc1ccc(-n2c(C)cc([C@H]3[C@H](c4ccccn4)NC(=S)N3CCC(=O)Nc3ccccc3CC)c2C)cc1. The molecule has 4 aromatic rings. The molecule has 7 heteroatoms. The summed E-state index contributed by atoms with van der Waals surface area (Å²) in [6.07, 6.45) is 4.01.